The average molecular weight is 245 g/mol. The molecule has 2 N–H and O–H groups in total. The zero-order valence-electron chi connectivity index (χ0n) is 11.3. The van der Waals surface area contributed by atoms with Crippen LogP contribution in [0.5, 0.6) is 0 Å². The first-order valence-electron chi connectivity index (χ1n) is 6.16. The third-order valence-electron chi connectivity index (χ3n) is 3.08. The van der Waals surface area contributed by atoms with E-state index in [0.29, 0.717) is 11.7 Å². The molecule has 0 bridgehead atoms. The van der Waals surface area contributed by atoms with Crippen LogP contribution in [0.25, 0.3) is 11.5 Å². The number of nitrogens with zero attached hydrogens (tertiary/aromatic N) is 2. The van der Waals surface area contributed by atoms with Crippen molar-refractivity contribution in [2.75, 3.05) is 0 Å². The molecule has 2 rings (SSSR count). The molecule has 1 heterocycles. The van der Waals surface area contributed by atoms with Crippen LogP contribution in [-0.2, 0) is 0 Å². The maximum absolute atomic E-state index is 6.01. The largest absolute Gasteiger partial charge is 0.334 e. The second-order valence-electron chi connectivity index (χ2n) is 5.05. The minimum Gasteiger partial charge on any atom is -0.334 e. The highest BCUT2D eigenvalue weighted by atomic mass is 16.5. The lowest BCUT2D eigenvalue weighted by atomic mass is 10.0. The number of hydrogen-bond acceptors (Lipinski definition) is 4. The highest BCUT2D eigenvalue weighted by molar-refractivity contribution is 5.59. The van der Waals surface area contributed by atoms with Crippen LogP contribution in [0.2, 0.25) is 0 Å². The molecule has 96 valence electrons. The van der Waals surface area contributed by atoms with E-state index < -0.39 is 0 Å². The fourth-order valence-electron chi connectivity index (χ4n) is 1.74. The Bertz CT molecular complexity index is 546. The van der Waals surface area contributed by atoms with Gasteiger partial charge in [-0.2, -0.15) is 4.98 Å². The quantitative estimate of drug-likeness (QED) is 0.902. The van der Waals surface area contributed by atoms with Crippen LogP contribution in [0, 0.1) is 19.8 Å². The normalized spacial score (nSPS) is 13.0. The smallest absolute Gasteiger partial charge is 0.258 e. The van der Waals surface area contributed by atoms with Crippen molar-refractivity contribution in [3.8, 4) is 11.5 Å². The Kier molecular flexibility index (Phi) is 3.48. The minimum atomic E-state index is -0.187. The fourth-order valence-corrected chi connectivity index (χ4v) is 1.74. The summed E-state index contributed by atoms with van der Waals surface area (Å²) in [5.74, 6) is 1.40. The standard InChI is InChI=1S/C14H19N3O/c1-8(2)12(15)13-16-14(18-17-13)11-7-9(3)5-6-10(11)4/h5-8,12H,15H2,1-4H3. The summed E-state index contributed by atoms with van der Waals surface area (Å²) in [4.78, 5) is 4.40. The number of nitrogens with two attached hydrogens (primary N) is 1. The Labute approximate surface area is 107 Å². The zero-order chi connectivity index (χ0) is 13.3. The summed E-state index contributed by atoms with van der Waals surface area (Å²) >= 11 is 0. The van der Waals surface area contributed by atoms with Crippen LogP contribution < -0.4 is 5.73 Å². The molecule has 4 nitrogen and oxygen atoms in total. The molecule has 1 aromatic carbocycles. The summed E-state index contributed by atoms with van der Waals surface area (Å²) < 4.78 is 5.32. The number of benzene rings is 1. The molecule has 1 atom stereocenters. The van der Waals surface area contributed by atoms with Gasteiger partial charge in [0, 0.05) is 5.56 Å². The van der Waals surface area contributed by atoms with E-state index in [4.69, 9.17) is 10.3 Å². The van der Waals surface area contributed by atoms with Gasteiger partial charge in [0.25, 0.3) is 5.89 Å². The molecule has 4 heteroatoms. The van der Waals surface area contributed by atoms with Crippen LogP contribution in [-0.4, -0.2) is 10.1 Å². The topological polar surface area (TPSA) is 64.9 Å². The lowest BCUT2D eigenvalue weighted by Gasteiger charge is -2.09. The Morgan fingerprint density at radius 2 is 1.94 bits per heavy atom. The van der Waals surface area contributed by atoms with Gasteiger partial charge in [0.2, 0.25) is 0 Å². The van der Waals surface area contributed by atoms with Gasteiger partial charge in [-0.25, -0.2) is 0 Å². The van der Waals surface area contributed by atoms with Crippen molar-refractivity contribution < 1.29 is 4.52 Å². The number of rotatable bonds is 3. The maximum Gasteiger partial charge on any atom is 0.258 e. The van der Waals surface area contributed by atoms with E-state index in [1.54, 1.807) is 0 Å². The van der Waals surface area contributed by atoms with E-state index in [1.165, 1.54) is 5.56 Å². The lowest BCUT2D eigenvalue weighted by Crippen LogP contribution is -2.18. The van der Waals surface area contributed by atoms with Crippen LogP contribution in [0.3, 0.4) is 0 Å². The summed E-state index contributed by atoms with van der Waals surface area (Å²) in [6.45, 7) is 8.15. The highest BCUT2D eigenvalue weighted by Gasteiger charge is 2.18. The van der Waals surface area contributed by atoms with Crippen molar-refractivity contribution >= 4 is 0 Å². The maximum atomic E-state index is 6.01. The molecular weight excluding hydrogens is 226 g/mol. The van der Waals surface area contributed by atoms with Gasteiger partial charge in [0.1, 0.15) is 0 Å². The summed E-state index contributed by atoms with van der Waals surface area (Å²) in [7, 11) is 0. The first kappa shape index (κ1) is 12.8. The van der Waals surface area contributed by atoms with E-state index in [9.17, 15) is 0 Å². The Balaban J connectivity index is 2.38. The monoisotopic (exact) mass is 245 g/mol. The summed E-state index contributed by atoms with van der Waals surface area (Å²) in [5, 5.41) is 3.97. The van der Waals surface area contributed by atoms with Gasteiger partial charge >= 0.3 is 0 Å². The SMILES string of the molecule is Cc1ccc(C)c(-c2nc(C(N)C(C)C)no2)c1. The molecule has 0 amide bonds. The zero-order valence-corrected chi connectivity index (χ0v) is 11.3. The van der Waals surface area contributed by atoms with Crippen LogP contribution >= 0.6 is 0 Å². The van der Waals surface area contributed by atoms with E-state index in [2.05, 4.69) is 22.3 Å². The summed E-state index contributed by atoms with van der Waals surface area (Å²) in [5.41, 5.74) is 9.28. The third kappa shape index (κ3) is 2.43. The molecule has 0 radical (unpaired) electrons. The van der Waals surface area contributed by atoms with E-state index in [0.717, 1.165) is 11.1 Å². The van der Waals surface area contributed by atoms with Crippen LogP contribution in [0.4, 0.5) is 0 Å². The first-order valence-corrected chi connectivity index (χ1v) is 6.16. The predicted octanol–water partition coefficient (Wildman–Crippen LogP) is 3.01. The molecule has 0 aliphatic rings. The van der Waals surface area contributed by atoms with Crippen molar-refractivity contribution in [2.24, 2.45) is 11.7 Å². The van der Waals surface area contributed by atoms with Gasteiger partial charge in [0.05, 0.1) is 6.04 Å². The molecule has 0 saturated heterocycles. The molecular formula is C14H19N3O. The van der Waals surface area contributed by atoms with Crippen molar-refractivity contribution in [3.05, 3.63) is 35.2 Å². The molecule has 1 unspecified atom stereocenters. The van der Waals surface area contributed by atoms with E-state index >= 15 is 0 Å². The molecule has 2 aromatic rings. The predicted molar refractivity (Wildman–Crippen MR) is 71.0 cm³/mol. The first-order chi connectivity index (χ1) is 8.49. The minimum absolute atomic E-state index is 0.187. The molecule has 0 aliphatic heterocycles. The van der Waals surface area contributed by atoms with Crippen LogP contribution in [0.1, 0.15) is 36.8 Å². The lowest BCUT2D eigenvalue weighted by molar-refractivity contribution is 0.400. The second-order valence-corrected chi connectivity index (χ2v) is 5.05. The van der Waals surface area contributed by atoms with E-state index in [-0.39, 0.29) is 12.0 Å². The van der Waals surface area contributed by atoms with Gasteiger partial charge < -0.3 is 10.3 Å². The van der Waals surface area contributed by atoms with Gasteiger partial charge in [-0.3, -0.25) is 0 Å². The van der Waals surface area contributed by atoms with E-state index in [1.807, 2.05) is 33.8 Å². The van der Waals surface area contributed by atoms with Crippen molar-refractivity contribution in [2.45, 2.75) is 33.7 Å². The Hall–Kier alpha value is -1.68. The highest BCUT2D eigenvalue weighted by Crippen LogP contribution is 2.25. The summed E-state index contributed by atoms with van der Waals surface area (Å²) in [6.07, 6.45) is 0. The Morgan fingerprint density at radius 1 is 1.22 bits per heavy atom. The van der Waals surface area contributed by atoms with Crippen molar-refractivity contribution in [1.29, 1.82) is 0 Å². The fraction of sp³-hybridized carbons (Fsp3) is 0.429. The number of hydrogen-bond donors (Lipinski definition) is 1. The van der Waals surface area contributed by atoms with Gasteiger partial charge in [0.15, 0.2) is 5.82 Å². The molecule has 0 saturated carbocycles. The molecule has 0 fully saturated rings. The number of aryl methyl sites for hydroxylation is 2. The average Bonchev–Trinajstić information content (AvgIpc) is 2.80. The molecule has 0 spiro atoms. The van der Waals surface area contributed by atoms with Crippen molar-refractivity contribution in [1.82, 2.24) is 10.1 Å². The molecule has 0 aliphatic carbocycles. The van der Waals surface area contributed by atoms with Gasteiger partial charge in [-0.1, -0.05) is 36.7 Å². The van der Waals surface area contributed by atoms with Gasteiger partial charge in [-0.15, -0.1) is 0 Å². The van der Waals surface area contributed by atoms with Crippen molar-refractivity contribution in [3.63, 3.8) is 0 Å². The second kappa shape index (κ2) is 4.90. The Morgan fingerprint density at radius 3 is 2.61 bits per heavy atom. The number of aromatic nitrogens is 2. The van der Waals surface area contributed by atoms with Gasteiger partial charge in [-0.05, 0) is 31.4 Å². The molecule has 18 heavy (non-hydrogen) atoms. The molecule has 1 aromatic heterocycles. The third-order valence-corrected chi connectivity index (χ3v) is 3.08. The van der Waals surface area contributed by atoms with Crippen LogP contribution in [0.15, 0.2) is 22.7 Å². The summed E-state index contributed by atoms with van der Waals surface area (Å²) in [6, 6.07) is 5.98.